The maximum Gasteiger partial charge on any atom is 0.159 e. The Kier molecular flexibility index (Phi) is 3.57. The van der Waals surface area contributed by atoms with Gasteiger partial charge in [-0.2, -0.15) is 5.10 Å². The Morgan fingerprint density at radius 1 is 1.41 bits per heavy atom. The molecule has 1 aromatic heterocycles. The number of anilines is 1. The van der Waals surface area contributed by atoms with Crippen LogP contribution in [0.4, 0.5) is 5.82 Å². The number of rotatable bonds is 5. The van der Waals surface area contributed by atoms with E-state index in [4.69, 9.17) is 18.0 Å². The molecule has 3 N–H and O–H groups in total. The number of nitrogens with zero attached hydrogens (tertiary/aromatic N) is 2. The third-order valence-electron chi connectivity index (χ3n) is 3.24. The maximum atomic E-state index is 5.75. The minimum atomic E-state index is 0.384. The van der Waals surface area contributed by atoms with E-state index in [1.807, 2.05) is 13.8 Å². The zero-order valence-electron chi connectivity index (χ0n) is 10.3. The normalized spacial score (nSPS) is 14.7. The van der Waals surface area contributed by atoms with Crippen molar-refractivity contribution < 1.29 is 0 Å². The first-order valence-corrected chi connectivity index (χ1v) is 6.38. The molecule has 17 heavy (non-hydrogen) atoms. The summed E-state index contributed by atoms with van der Waals surface area (Å²) in [6, 6.07) is 0. The topological polar surface area (TPSA) is 63.8 Å². The molecule has 1 fully saturated rings. The molecule has 92 valence electrons. The van der Waals surface area contributed by atoms with Crippen molar-refractivity contribution in [2.24, 2.45) is 11.7 Å². The van der Waals surface area contributed by atoms with E-state index in [-0.39, 0.29) is 0 Å². The molecular formula is C12H18N4S. The Morgan fingerprint density at radius 3 is 2.71 bits per heavy atom. The SMILES string of the molecule is Cc1nnc(NCCC2CC2)c(C(N)=S)c1C. The average molecular weight is 250 g/mol. The molecule has 0 saturated heterocycles. The summed E-state index contributed by atoms with van der Waals surface area (Å²) in [5.41, 5.74) is 8.48. The Hall–Kier alpha value is -1.23. The van der Waals surface area contributed by atoms with Crippen LogP contribution >= 0.6 is 12.2 Å². The lowest BCUT2D eigenvalue weighted by Gasteiger charge is -2.12. The number of nitrogens with one attached hydrogen (secondary N) is 1. The van der Waals surface area contributed by atoms with Crippen LogP contribution in [0.2, 0.25) is 0 Å². The minimum Gasteiger partial charge on any atom is -0.389 e. The zero-order valence-corrected chi connectivity index (χ0v) is 11.1. The predicted molar refractivity (Wildman–Crippen MR) is 73.2 cm³/mol. The lowest BCUT2D eigenvalue weighted by atomic mass is 10.1. The summed E-state index contributed by atoms with van der Waals surface area (Å²) in [6.07, 6.45) is 3.91. The smallest absolute Gasteiger partial charge is 0.159 e. The van der Waals surface area contributed by atoms with Gasteiger partial charge in [0.15, 0.2) is 5.82 Å². The van der Waals surface area contributed by atoms with E-state index < -0.39 is 0 Å². The molecule has 0 atom stereocenters. The van der Waals surface area contributed by atoms with Gasteiger partial charge in [-0.05, 0) is 31.7 Å². The van der Waals surface area contributed by atoms with Crippen molar-refractivity contribution in [2.45, 2.75) is 33.1 Å². The van der Waals surface area contributed by atoms with Crippen molar-refractivity contribution in [1.82, 2.24) is 10.2 Å². The maximum absolute atomic E-state index is 5.75. The van der Waals surface area contributed by atoms with Gasteiger partial charge in [-0.1, -0.05) is 25.1 Å². The fourth-order valence-corrected chi connectivity index (χ4v) is 2.08. The first kappa shape index (κ1) is 12.2. The van der Waals surface area contributed by atoms with Gasteiger partial charge >= 0.3 is 0 Å². The molecule has 4 nitrogen and oxygen atoms in total. The van der Waals surface area contributed by atoms with Crippen LogP contribution in [-0.2, 0) is 0 Å². The molecule has 0 aliphatic heterocycles. The lowest BCUT2D eigenvalue weighted by molar-refractivity contribution is 0.755. The number of nitrogens with two attached hydrogens (primary N) is 1. The molecule has 1 aliphatic rings. The van der Waals surface area contributed by atoms with Gasteiger partial charge in [0, 0.05) is 6.54 Å². The molecule has 0 bridgehead atoms. The van der Waals surface area contributed by atoms with Gasteiger partial charge in [-0.25, -0.2) is 0 Å². The number of aryl methyl sites for hydroxylation is 1. The van der Waals surface area contributed by atoms with Crippen LogP contribution in [0.5, 0.6) is 0 Å². The quantitative estimate of drug-likeness (QED) is 0.782. The Labute approximate surface area is 107 Å². The van der Waals surface area contributed by atoms with Crippen molar-refractivity contribution in [2.75, 3.05) is 11.9 Å². The summed E-state index contributed by atoms with van der Waals surface area (Å²) in [5, 5.41) is 11.5. The third kappa shape index (κ3) is 2.91. The molecule has 0 spiro atoms. The fraction of sp³-hybridized carbons (Fsp3) is 0.583. The highest BCUT2D eigenvalue weighted by molar-refractivity contribution is 7.80. The highest BCUT2D eigenvalue weighted by Gasteiger charge is 2.21. The van der Waals surface area contributed by atoms with Crippen LogP contribution in [0.25, 0.3) is 0 Å². The van der Waals surface area contributed by atoms with Crippen LogP contribution in [0.3, 0.4) is 0 Å². The molecule has 1 heterocycles. The van der Waals surface area contributed by atoms with Gasteiger partial charge in [0.25, 0.3) is 0 Å². The molecule has 1 aliphatic carbocycles. The van der Waals surface area contributed by atoms with E-state index >= 15 is 0 Å². The van der Waals surface area contributed by atoms with E-state index in [1.165, 1.54) is 19.3 Å². The average Bonchev–Trinajstić information content (AvgIpc) is 3.07. The molecule has 2 rings (SSSR count). The standard InChI is InChI=1S/C12H18N4S/c1-7-8(2)15-16-12(10(7)11(13)17)14-6-5-9-3-4-9/h9H,3-6H2,1-2H3,(H2,13,17)(H,14,16). The molecule has 5 heteroatoms. The summed E-state index contributed by atoms with van der Waals surface area (Å²) in [7, 11) is 0. The molecule has 0 radical (unpaired) electrons. The zero-order chi connectivity index (χ0) is 12.4. The van der Waals surface area contributed by atoms with Gasteiger partial charge in [0.05, 0.1) is 11.3 Å². The molecular weight excluding hydrogens is 232 g/mol. The summed E-state index contributed by atoms with van der Waals surface area (Å²) >= 11 is 5.08. The van der Waals surface area contributed by atoms with E-state index in [1.54, 1.807) is 0 Å². The Morgan fingerprint density at radius 2 is 2.12 bits per heavy atom. The second-order valence-electron chi connectivity index (χ2n) is 4.66. The minimum absolute atomic E-state index is 0.384. The van der Waals surface area contributed by atoms with Gasteiger partial charge < -0.3 is 11.1 Å². The van der Waals surface area contributed by atoms with Gasteiger partial charge in [-0.15, -0.1) is 5.10 Å². The van der Waals surface area contributed by atoms with Crippen molar-refractivity contribution in [3.63, 3.8) is 0 Å². The molecule has 0 aromatic carbocycles. The summed E-state index contributed by atoms with van der Waals surface area (Å²) in [6.45, 7) is 4.81. The first-order valence-electron chi connectivity index (χ1n) is 5.97. The van der Waals surface area contributed by atoms with E-state index in [2.05, 4.69) is 15.5 Å². The van der Waals surface area contributed by atoms with E-state index in [0.717, 1.165) is 35.1 Å². The van der Waals surface area contributed by atoms with Crippen LogP contribution < -0.4 is 11.1 Å². The van der Waals surface area contributed by atoms with Crippen LogP contribution in [0.1, 0.15) is 36.1 Å². The first-order chi connectivity index (χ1) is 8.09. The largest absolute Gasteiger partial charge is 0.389 e. The number of thiocarbonyl (C=S) groups is 1. The second-order valence-corrected chi connectivity index (χ2v) is 5.10. The number of hydrogen-bond donors (Lipinski definition) is 2. The predicted octanol–water partition coefficient (Wildman–Crippen LogP) is 1.94. The van der Waals surface area contributed by atoms with Crippen molar-refractivity contribution in [3.8, 4) is 0 Å². The third-order valence-corrected chi connectivity index (χ3v) is 3.45. The highest BCUT2D eigenvalue weighted by Crippen LogP contribution is 2.32. The number of hydrogen-bond acceptors (Lipinski definition) is 4. The van der Waals surface area contributed by atoms with E-state index in [9.17, 15) is 0 Å². The number of aromatic nitrogens is 2. The molecule has 1 aromatic rings. The summed E-state index contributed by atoms with van der Waals surface area (Å²) in [4.78, 5) is 0.384. The van der Waals surface area contributed by atoms with E-state index in [0.29, 0.717) is 4.99 Å². The van der Waals surface area contributed by atoms with Crippen LogP contribution in [0, 0.1) is 19.8 Å². The fourth-order valence-electron chi connectivity index (χ4n) is 1.83. The van der Waals surface area contributed by atoms with Crippen molar-refractivity contribution in [3.05, 3.63) is 16.8 Å². The van der Waals surface area contributed by atoms with Crippen LogP contribution in [0.15, 0.2) is 0 Å². The van der Waals surface area contributed by atoms with Crippen molar-refractivity contribution >= 4 is 23.0 Å². The highest BCUT2D eigenvalue weighted by atomic mass is 32.1. The Balaban J connectivity index is 2.13. The Bertz CT molecular complexity index is 440. The summed E-state index contributed by atoms with van der Waals surface area (Å²) in [5.74, 6) is 1.62. The van der Waals surface area contributed by atoms with Gasteiger partial charge in [0.1, 0.15) is 4.99 Å². The van der Waals surface area contributed by atoms with Crippen molar-refractivity contribution in [1.29, 1.82) is 0 Å². The second kappa shape index (κ2) is 4.96. The molecule has 1 saturated carbocycles. The summed E-state index contributed by atoms with van der Waals surface area (Å²) < 4.78 is 0. The molecule has 0 amide bonds. The van der Waals surface area contributed by atoms with Crippen LogP contribution in [-0.4, -0.2) is 21.7 Å². The lowest BCUT2D eigenvalue weighted by Crippen LogP contribution is -2.18. The van der Waals surface area contributed by atoms with Gasteiger partial charge in [-0.3, -0.25) is 0 Å². The molecule has 0 unspecified atom stereocenters. The monoisotopic (exact) mass is 250 g/mol. The van der Waals surface area contributed by atoms with Gasteiger partial charge in [0.2, 0.25) is 0 Å².